The molecule has 2 fully saturated rings. The number of ether oxygens (including phenoxy) is 1. The second kappa shape index (κ2) is 11.4. The smallest absolute Gasteiger partial charge is 0.387 e. The zero-order valence-electron chi connectivity index (χ0n) is 24.6. The first-order chi connectivity index (χ1) is 21.4. The molecule has 4 N–H and O–H groups in total. The van der Waals surface area contributed by atoms with Gasteiger partial charge in [0.05, 0.1) is 42.2 Å². The molecule has 4 aromatic rings. The van der Waals surface area contributed by atoms with E-state index in [1.54, 1.807) is 19.1 Å². The molecule has 1 aromatic carbocycles. The summed E-state index contributed by atoms with van der Waals surface area (Å²) in [5.74, 6) is -0.155. The summed E-state index contributed by atoms with van der Waals surface area (Å²) in [6, 6.07) is 7.94. The minimum absolute atomic E-state index is 0.0469. The zero-order valence-corrected chi connectivity index (χ0v) is 24.6. The van der Waals surface area contributed by atoms with Gasteiger partial charge in [-0.1, -0.05) is 12.1 Å². The van der Waals surface area contributed by atoms with E-state index < -0.39 is 29.2 Å². The molecule has 0 unspecified atom stereocenters. The molecule has 0 spiro atoms. The highest BCUT2D eigenvalue weighted by molar-refractivity contribution is 6.04. The Balaban J connectivity index is 1.33. The number of carbonyl (C=O) groups excluding carboxylic acids is 2. The molecule has 5 heterocycles. The predicted molar refractivity (Wildman–Crippen MR) is 158 cm³/mol. The highest BCUT2D eigenvalue weighted by Gasteiger charge is 2.45. The number of rotatable bonds is 6. The monoisotopic (exact) mass is 623 g/mol. The van der Waals surface area contributed by atoms with Gasteiger partial charge in [0.2, 0.25) is 5.91 Å². The maximum atomic E-state index is 13.3. The zero-order chi connectivity index (χ0) is 32.1. The molecule has 0 saturated carbocycles. The number of imidazole rings is 1. The number of alkyl halides is 3. The largest absolute Gasteiger partial charge is 0.416 e. The van der Waals surface area contributed by atoms with Crippen molar-refractivity contribution in [3.8, 4) is 11.3 Å². The molecule has 0 aliphatic carbocycles. The van der Waals surface area contributed by atoms with Gasteiger partial charge in [-0.15, -0.1) is 0 Å². The number of fused-ring (bicyclic) bond motifs is 1. The van der Waals surface area contributed by atoms with Gasteiger partial charge in [-0.25, -0.2) is 15.0 Å². The van der Waals surface area contributed by atoms with Crippen LogP contribution in [-0.4, -0.2) is 67.5 Å². The highest BCUT2D eigenvalue weighted by atomic mass is 19.4. The van der Waals surface area contributed by atoms with Gasteiger partial charge in [0.15, 0.2) is 0 Å². The molecule has 2 aliphatic heterocycles. The molecule has 236 valence electrons. The second-order valence-electron chi connectivity index (χ2n) is 11.8. The Kier molecular flexibility index (Phi) is 7.73. The first-order valence-electron chi connectivity index (χ1n) is 14.5. The molecule has 11 nitrogen and oxygen atoms in total. The maximum absolute atomic E-state index is 13.3. The molecule has 2 saturated heterocycles. The van der Waals surface area contributed by atoms with Gasteiger partial charge in [0.25, 0.3) is 5.91 Å². The fourth-order valence-corrected chi connectivity index (χ4v) is 5.89. The number of nitrogens with one attached hydrogen (secondary N) is 1. The van der Waals surface area contributed by atoms with Crippen LogP contribution in [0.2, 0.25) is 0 Å². The van der Waals surface area contributed by atoms with Crippen LogP contribution in [0.5, 0.6) is 0 Å². The number of nitrogens with two attached hydrogens (primary N) is 1. The van der Waals surface area contributed by atoms with Crippen LogP contribution < -0.4 is 11.1 Å². The molecule has 3 aromatic heterocycles. The Labute approximate surface area is 256 Å². The molecular weight excluding hydrogens is 591 g/mol. The van der Waals surface area contributed by atoms with Crippen LogP contribution in [0.4, 0.5) is 24.8 Å². The van der Waals surface area contributed by atoms with Crippen molar-refractivity contribution < 1.29 is 32.6 Å². The molecule has 2 atom stereocenters. The SMILES string of the molecule is C[C@H](O)c1cnc(N)c2c(-c3ccc(C(=O)Nc4cc(C(F)(F)F)ccn4)cc3)nc([C@@H]3CCCN(C(=O)C4(C)COC4)C3)n12. The number of hydrogen-bond donors (Lipinski definition) is 3. The number of nitrogen functional groups attached to an aromatic ring is 1. The van der Waals surface area contributed by atoms with Crippen molar-refractivity contribution in [2.45, 2.75) is 44.9 Å². The fraction of sp³-hybridized carbons (Fsp3) is 0.387. The van der Waals surface area contributed by atoms with Crippen LogP contribution in [0.1, 0.15) is 66.2 Å². The second-order valence-corrected chi connectivity index (χ2v) is 11.8. The summed E-state index contributed by atoms with van der Waals surface area (Å²) in [4.78, 5) is 41.2. The van der Waals surface area contributed by atoms with Crippen LogP contribution in [-0.2, 0) is 15.7 Å². The summed E-state index contributed by atoms with van der Waals surface area (Å²) in [6.45, 7) is 5.38. The van der Waals surface area contributed by atoms with E-state index in [4.69, 9.17) is 15.5 Å². The Morgan fingerprint density at radius 3 is 2.56 bits per heavy atom. The van der Waals surface area contributed by atoms with Gasteiger partial charge >= 0.3 is 6.18 Å². The molecule has 6 rings (SSSR count). The number of aliphatic hydroxyl groups excluding tert-OH is 1. The average Bonchev–Trinajstić information content (AvgIpc) is 3.41. The third kappa shape index (κ3) is 5.71. The third-order valence-electron chi connectivity index (χ3n) is 8.35. The normalized spacial score (nSPS) is 18.8. The number of benzene rings is 1. The summed E-state index contributed by atoms with van der Waals surface area (Å²) in [6.07, 6.45) is -1.45. The lowest BCUT2D eigenvalue weighted by atomic mass is 9.85. The standard InChI is InChI=1S/C31H32F3N7O4/c1-17(42)22-13-37-26(35)25-24(39-27(41(22)25)20-4-3-11-40(14-20)29(44)30(2)15-45-16-30)18-5-7-19(8-6-18)28(43)38-23-12-21(9-10-36-23)31(32,33)34/h5-10,12-13,17,20,42H,3-4,11,14-16H2,1-2H3,(H2,35,37)(H,36,38,43)/t17-,20+/m0/s1. The molecular formula is C31H32F3N7O4. The van der Waals surface area contributed by atoms with Crippen LogP contribution in [0.25, 0.3) is 16.8 Å². The third-order valence-corrected chi connectivity index (χ3v) is 8.35. The summed E-state index contributed by atoms with van der Waals surface area (Å²) >= 11 is 0. The Morgan fingerprint density at radius 2 is 1.91 bits per heavy atom. The van der Waals surface area contributed by atoms with Gasteiger partial charge < -0.3 is 25.8 Å². The van der Waals surface area contributed by atoms with Crippen LogP contribution in [0.3, 0.4) is 0 Å². The minimum atomic E-state index is -4.57. The van der Waals surface area contributed by atoms with Gasteiger partial charge in [-0.2, -0.15) is 13.2 Å². The number of likely N-dealkylation sites (tertiary alicyclic amines) is 1. The number of hydrogen-bond acceptors (Lipinski definition) is 8. The molecule has 14 heteroatoms. The van der Waals surface area contributed by atoms with Gasteiger partial charge in [-0.05, 0) is 51.0 Å². The van der Waals surface area contributed by atoms with E-state index in [0.29, 0.717) is 54.6 Å². The Hall–Kier alpha value is -4.56. The first kappa shape index (κ1) is 30.5. The van der Waals surface area contributed by atoms with Crippen LogP contribution in [0.15, 0.2) is 48.8 Å². The number of amides is 2. The summed E-state index contributed by atoms with van der Waals surface area (Å²) < 4.78 is 46.4. The van der Waals surface area contributed by atoms with E-state index >= 15 is 0 Å². The first-order valence-corrected chi connectivity index (χ1v) is 14.5. The van der Waals surface area contributed by atoms with Crippen molar-refractivity contribution in [3.05, 3.63) is 71.4 Å². The minimum Gasteiger partial charge on any atom is -0.387 e. The lowest BCUT2D eigenvalue weighted by molar-refractivity contribution is -0.170. The van der Waals surface area contributed by atoms with Crippen molar-refractivity contribution in [3.63, 3.8) is 0 Å². The van der Waals surface area contributed by atoms with Crippen molar-refractivity contribution >= 4 is 29.0 Å². The van der Waals surface area contributed by atoms with Crippen molar-refractivity contribution in [2.75, 3.05) is 37.4 Å². The molecule has 0 radical (unpaired) electrons. The van der Waals surface area contributed by atoms with E-state index in [0.717, 1.165) is 31.2 Å². The summed E-state index contributed by atoms with van der Waals surface area (Å²) in [5.41, 5.74) is 7.17. The number of aromatic nitrogens is 4. The van der Waals surface area contributed by atoms with Crippen molar-refractivity contribution in [1.29, 1.82) is 0 Å². The van der Waals surface area contributed by atoms with Crippen molar-refractivity contribution in [1.82, 2.24) is 24.3 Å². The van der Waals surface area contributed by atoms with Crippen molar-refractivity contribution in [2.24, 2.45) is 5.41 Å². The van der Waals surface area contributed by atoms with Gasteiger partial charge in [0.1, 0.15) is 28.7 Å². The predicted octanol–water partition coefficient (Wildman–Crippen LogP) is 4.44. The van der Waals surface area contributed by atoms with Gasteiger partial charge in [-0.3, -0.25) is 14.0 Å². The Morgan fingerprint density at radius 1 is 1.18 bits per heavy atom. The average molecular weight is 624 g/mol. The van der Waals surface area contributed by atoms with Crippen LogP contribution in [0, 0.1) is 5.41 Å². The topological polar surface area (TPSA) is 148 Å². The highest BCUT2D eigenvalue weighted by Crippen LogP contribution is 2.38. The number of aliphatic hydroxyl groups is 1. The fourth-order valence-electron chi connectivity index (χ4n) is 5.89. The lowest BCUT2D eigenvalue weighted by Crippen LogP contribution is -2.55. The molecule has 0 bridgehead atoms. The maximum Gasteiger partial charge on any atom is 0.416 e. The summed E-state index contributed by atoms with van der Waals surface area (Å²) in [5, 5.41) is 13.1. The number of piperidine rings is 1. The van der Waals surface area contributed by atoms with Crippen LogP contribution >= 0.6 is 0 Å². The van der Waals surface area contributed by atoms with Gasteiger partial charge in [0, 0.05) is 36.3 Å². The quantitative estimate of drug-likeness (QED) is 0.286. The molecule has 2 aliphatic rings. The molecule has 45 heavy (non-hydrogen) atoms. The van der Waals surface area contributed by atoms with E-state index in [1.807, 2.05) is 16.2 Å². The van der Waals surface area contributed by atoms with E-state index in [-0.39, 0.29) is 29.0 Å². The number of pyridine rings is 1. The summed E-state index contributed by atoms with van der Waals surface area (Å²) in [7, 11) is 0. The molecule has 2 amide bonds. The number of anilines is 2. The number of carbonyl (C=O) groups is 2. The van der Waals surface area contributed by atoms with E-state index in [2.05, 4.69) is 15.3 Å². The Bertz CT molecular complexity index is 1770. The lowest BCUT2D eigenvalue weighted by Gasteiger charge is -2.42. The van der Waals surface area contributed by atoms with E-state index in [9.17, 15) is 27.9 Å². The number of halogens is 3. The number of nitrogens with zero attached hydrogens (tertiary/aromatic N) is 5. The van der Waals surface area contributed by atoms with E-state index in [1.165, 1.54) is 18.3 Å².